The van der Waals surface area contributed by atoms with Crippen LogP contribution in [0.15, 0.2) is 42.5 Å². The fourth-order valence-electron chi connectivity index (χ4n) is 2.00. The zero-order valence-corrected chi connectivity index (χ0v) is 12.0. The Bertz CT molecular complexity index is 733. The molecule has 0 saturated carbocycles. The summed E-state index contributed by atoms with van der Waals surface area (Å²) < 4.78 is 1.62. The van der Waals surface area contributed by atoms with E-state index in [0.29, 0.717) is 11.0 Å². The Hall–Kier alpha value is -2.20. The van der Waals surface area contributed by atoms with Gasteiger partial charge in [0.2, 0.25) is 0 Å². The van der Waals surface area contributed by atoms with Gasteiger partial charge in [0.25, 0.3) is 0 Å². The minimum atomic E-state index is 0.557. The van der Waals surface area contributed by atoms with Gasteiger partial charge in [0.05, 0.1) is 11.4 Å². The summed E-state index contributed by atoms with van der Waals surface area (Å²) in [5.41, 5.74) is 3.68. The zero-order valence-electron chi connectivity index (χ0n) is 11.2. The van der Waals surface area contributed by atoms with Gasteiger partial charge >= 0.3 is 0 Å². The minimum Gasteiger partial charge on any atom is -0.201 e. The molecule has 3 rings (SSSR count). The van der Waals surface area contributed by atoms with Crippen LogP contribution < -0.4 is 0 Å². The van der Waals surface area contributed by atoms with Crippen molar-refractivity contribution in [2.75, 3.05) is 0 Å². The Morgan fingerprint density at radius 1 is 0.950 bits per heavy atom. The van der Waals surface area contributed by atoms with Crippen molar-refractivity contribution in [3.05, 3.63) is 58.9 Å². The van der Waals surface area contributed by atoms with Gasteiger partial charge in [-0.1, -0.05) is 41.9 Å². The standard InChI is InChI=1S/C15H13ClN4/c1-10-8-9-13(18-17-10)20-15(16)11(2)14(19-20)12-6-4-3-5-7-12/h3-9H,1-2H3. The number of nitrogens with zero attached hydrogens (tertiary/aromatic N) is 4. The van der Waals surface area contributed by atoms with Crippen LogP contribution in [0.4, 0.5) is 0 Å². The molecule has 2 heterocycles. The Labute approximate surface area is 122 Å². The summed E-state index contributed by atoms with van der Waals surface area (Å²) in [7, 11) is 0. The van der Waals surface area contributed by atoms with E-state index in [4.69, 9.17) is 11.6 Å². The quantitative estimate of drug-likeness (QED) is 0.722. The van der Waals surface area contributed by atoms with Gasteiger partial charge in [-0.2, -0.15) is 10.2 Å². The average molecular weight is 285 g/mol. The highest BCUT2D eigenvalue weighted by Gasteiger charge is 2.16. The first kappa shape index (κ1) is 12.8. The maximum atomic E-state index is 6.37. The maximum absolute atomic E-state index is 6.37. The van der Waals surface area contributed by atoms with Crippen molar-refractivity contribution in [2.45, 2.75) is 13.8 Å². The first-order valence-corrected chi connectivity index (χ1v) is 6.66. The van der Waals surface area contributed by atoms with Crippen LogP contribution in [-0.2, 0) is 0 Å². The van der Waals surface area contributed by atoms with E-state index in [-0.39, 0.29) is 0 Å². The van der Waals surface area contributed by atoms with E-state index in [2.05, 4.69) is 15.3 Å². The third kappa shape index (κ3) is 2.18. The lowest BCUT2D eigenvalue weighted by atomic mass is 10.1. The Morgan fingerprint density at radius 2 is 1.70 bits per heavy atom. The number of halogens is 1. The SMILES string of the molecule is Cc1ccc(-n2nc(-c3ccccc3)c(C)c2Cl)nn1. The largest absolute Gasteiger partial charge is 0.201 e. The van der Waals surface area contributed by atoms with E-state index in [1.165, 1.54) is 0 Å². The second kappa shape index (κ2) is 5.06. The van der Waals surface area contributed by atoms with Crippen molar-refractivity contribution in [3.63, 3.8) is 0 Å². The minimum absolute atomic E-state index is 0.557. The van der Waals surface area contributed by atoms with Crippen LogP contribution in [0, 0.1) is 13.8 Å². The lowest BCUT2D eigenvalue weighted by Crippen LogP contribution is -2.01. The molecule has 100 valence electrons. The molecular formula is C15H13ClN4. The molecule has 0 saturated heterocycles. The van der Waals surface area contributed by atoms with Gasteiger partial charge in [-0.15, -0.1) is 5.10 Å². The predicted molar refractivity (Wildman–Crippen MR) is 79.1 cm³/mol. The van der Waals surface area contributed by atoms with Crippen LogP contribution in [0.25, 0.3) is 17.1 Å². The van der Waals surface area contributed by atoms with Gasteiger partial charge < -0.3 is 0 Å². The average Bonchev–Trinajstić information content (AvgIpc) is 2.77. The van der Waals surface area contributed by atoms with E-state index in [1.54, 1.807) is 4.68 Å². The third-order valence-corrected chi connectivity index (χ3v) is 3.54. The van der Waals surface area contributed by atoms with Crippen molar-refractivity contribution in [1.29, 1.82) is 0 Å². The van der Waals surface area contributed by atoms with Crippen LogP contribution in [0.2, 0.25) is 5.15 Å². The second-order valence-electron chi connectivity index (χ2n) is 4.58. The van der Waals surface area contributed by atoms with Crippen molar-refractivity contribution in [3.8, 4) is 17.1 Å². The van der Waals surface area contributed by atoms with Gasteiger partial charge in [0.1, 0.15) is 5.15 Å². The monoisotopic (exact) mass is 284 g/mol. The highest BCUT2D eigenvalue weighted by atomic mass is 35.5. The van der Waals surface area contributed by atoms with Crippen LogP contribution in [0.3, 0.4) is 0 Å². The maximum Gasteiger partial charge on any atom is 0.177 e. The molecule has 0 spiro atoms. The number of benzene rings is 1. The molecule has 20 heavy (non-hydrogen) atoms. The highest BCUT2D eigenvalue weighted by molar-refractivity contribution is 6.31. The molecule has 1 aromatic carbocycles. The van der Waals surface area contributed by atoms with E-state index in [1.807, 2.05) is 56.3 Å². The van der Waals surface area contributed by atoms with Crippen molar-refractivity contribution >= 4 is 11.6 Å². The summed E-state index contributed by atoms with van der Waals surface area (Å²) >= 11 is 6.37. The summed E-state index contributed by atoms with van der Waals surface area (Å²) in [5, 5.41) is 13.3. The van der Waals surface area contributed by atoms with Crippen LogP contribution in [-0.4, -0.2) is 20.0 Å². The van der Waals surface area contributed by atoms with Crippen molar-refractivity contribution in [1.82, 2.24) is 20.0 Å². The number of aryl methyl sites for hydroxylation is 1. The van der Waals surface area contributed by atoms with Crippen LogP contribution in [0.5, 0.6) is 0 Å². The molecule has 0 aliphatic carbocycles. The first-order chi connectivity index (χ1) is 9.66. The van der Waals surface area contributed by atoms with E-state index >= 15 is 0 Å². The molecule has 4 nitrogen and oxygen atoms in total. The fourth-order valence-corrected chi connectivity index (χ4v) is 2.22. The van der Waals surface area contributed by atoms with Gasteiger partial charge in [-0.05, 0) is 26.0 Å². The summed E-state index contributed by atoms with van der Waals surface area (Å²) in [6.45, 7) is 3.85. The molecule has 0 amide bonds. The Balaban J connectivity index is 2.13. The summed E-state index contributed by atoms with van der Waals surface area (Å²) in [6.07, 6.45) is 0. The Morgan fingerprint density at radius 3 is 2.35 bits per heavy atom. The topological polar surface area (TPSA) is 43.6 Å². The molecule has 0 aliphatic rings. The van der Waals surface area contributed by atoms with E-state index in [9.17, 15) is 0 Å². The van der Waals surface area contributed by atoms with E-state index in [0.717, 1.165) is 22.5 Å². The molecule has 0 unspecified atom stereocenters. The van der Waals surface area contributed by atoms with Crippen molar-refractivity contribution in [2.24, 2.45) is 0 Å². The van der Waals surface area contributed by atoms with Crippen molar-refractivity contribution < 1.29 is 0 Å². The third-order valence-electron chi connectivity index (χ3n) is 3.10. The lowest BCUT2D eigenvalue weighted by Gasteiger charge is -2.00. The molecule has 0 aliphatic heterocycles. The summed E-state index contributed by atoms with van der Waals surface area (Å²) in [6, 6.07) is 13.7. The molecule has 0 fully saturated rings. The molecule has 3 aromatic rings. The van der Waals surface area contributed by atoms with Gasteiger partial charge in [-0.3, -0.25) is 0 Å². The zero-order chi connectivity index (χ0) is 14.1. The van der Waals surface area contributed by atoms with Gasteiger partial charge in [0.15, 0.2) is 5.82 Å². The smallest absolute Gasteiger partial charge is 0.177 e. The normalized spacial score (nSPS) is 10.8. The second-order valence-corrected chi connectivity index (χ2v) is 4.93. The summed E-state index contributed by atoms with van der Waals surface area (Å²) in [4.78, 5) is 0. The number of aromatic nitrogens is 4. The predicted octanol–water partition coefficient (Wildman–Crippen LogP) is 3.60. The van der Waals surface area contributed by atoms with Crippen LogP contribution in [0.1, 0.15) is 11.3 Å². The number of hydrogen-bond donors (Lipinski definition) is 0. The van der Waals surface area contributed by atoms with Crippen LogP contribution >= 0.6 is 11.6 Å². The highest BCUT2D eigenvalue weighted by Crippen LogP contribution is 2.29. The number of hydrogen-bond acceptors (Lipinski definition) is 3. The molecule has 0 radical (unpaired) electrons. The van der Waals surface area contributed by atoms with Gasteiger partial charge in [0, 0.05) is 11.1 Å². The number of rotatable bonds is 2. The first-order valence-electron chi connectivity index (χ1n) is 6.28. The summed E-state index contributed by atoms with van der Waals surface area (Å²) in [5.74, 6) is 0.617. The molecule has 2 aromatic heterocycles. The lowest BCUT2D eigenvalue weighted by molar-refractivity contribution is 0.809. The van der Waals surface area contributed by atoms with Gasteiger partial charge in [-0.25, -0.2) is 4.68 Å². The molecular weight excluding hydrogens is 272 g/mol. The van der Waals surface area contributed by atoms with E-state index < -0.39 is 0 Å². The molecule has 0 atom stereocenters. The fraction of sp³-hybridized carbons (Fsp3) is 0.133. The molecule has 0 N–H and O–H groups in total. The Kier molecular flexibility index (Phi) is 3.24. The molecule has 0 bridgehead atoms. The molecule has 5 heteroatoms.